The maximum Gasteiger partial charge on any atom is 0.329 e. The summed E-state index contributed by atoms with van der Waals surface area (Å²) in [6.45, 7) is 3.64. The lowest BCUT2D eigenvalue weighted by Crippen LogP contribution is -2.47. The minimum Gasteiger partial charge on any atom is -0.459 e. The number of likely N-dealkylation sites (tertiary alicyclic amines) is 1. The van der Waals surface area contributed by atoms with Crippen LogP contribution in [0.4, 0.5) is 5.69 Å². The monoisotopic (exact) mass is 400 g/mol. The first kappa shape index (κ1) is 20.7. The van der Waals surface area contributed by atoms with E-state index in [9.17, 15) is 24.5 Å². The van der Waals surface area contributed by atoms with Gasteiger partial charge in [0.2, 0.25) is 11.8 Å². The van der Waals surface area contributed by atoms with Gasteiger partial charge in [0.15, 0.2) is 0 Å². The zero-order valence-electron chi connectivity index (χ0n) is 16.4. The summed E-state index contributed by atoms with van der Waals surface area (Å²) < 4.78 is 5.37. The molecular weight excluding hydrogens is 376 g/mol. The molecule has 0 saturated carbocycles. The van der Waals surface area contributed by atoms with Crippen molar-refractivity contribution in [3.05, 3.63) is 52.1 Å². The number of imide groups is 1. The molecular formula is C21H24N2O6. The predicted molar refractivity (Wildman–Crippen MR) is 103 cm³/mol. The molecule has 1 aromatic carbocycles. The standard InChI is InChI=1S/C21H24N2O6/c1-13(2)10-18(22-19(24)16-8-3-4-9-17(16)20(22)25)21(26)29-12-14-6-5-7-15(11-14)23(27)28/h3-7,11,13,16-18H,8-10,12H2,1-2H3/t16-,17-,18+/m0/s1. The Bertz CT molecular complexity index is 836. The molecule has 3 rings (SSSR count). The van der Waals surface area contributed by atoms with Crippen molar-refractivity contribution in [3.63, 3.8) is 0 Å². The number of nitro benzene ring substituents is 1. The van der Waals surface area contributed by atoms with Crippen molar-refractivity contribution in [2.24, 2.45) is 17.8 Å². The van der Waals surface area contributed by atoms with Gasteiger partial charge in [0.1, 0.15) is 12.6 Å². The molecule has 8 heteroatoms. The molecule has 1 aromatic rings. The van der Waals surface area contributed by atoms with Crippen LogP contribution >= 0.6 is 0 Å². The second-order valence-electron chi connectivity index (χ2n) is 7.88. The van der Waals surface area contributed by atoms with Crippen molar-refractivity contribution in [1.29, 1.82) is 0 Å². The number of non-ortho nitro benzene ring substituents is 1. The third kappa shape index (κ3) is 4.36. The van der Waals surface area contributed by atoms with E-state index >= 15 is 0 Å². The van der Waals surface area contributed by atoms with Crippen LogP contribution in [0.15, 0.2) is 36.4 Å². The van der Waals surface area contributed by atoms with Crippen LogP contribution in [0.3, 0.4) is 0 Å². The van der Waals surface area contributed by atoms with E-state index in [1.807, 2.05) is 26.0 Å². The van der Waals surface area contributed by atoms with Gasteiger partial charge in [-0.25, -0.2) is 4.79 Å². The lowest BCUT2D eigenvalue weighted by Gasteiger charge is -2.26. The van der Waals surface area contributed by atoms with Crippen LogP contribution in [0.25, 0.3) is 0 Å². The van der Waals surface area contributed by atoms with Gasteiger partial charge in [-0.1, -0.05) is 38.1 Å². The van der Waals surface area contributed by atoms with Crippen LogP contribution in [0.2, 0.25) is 0 Å². The number of fused-ring (bicyclic) bond motifs is 1. The average Bonchev–Trinajstić information content (AvgIpc) is 2.95. The summed E-state index contributed by atoms with van der Waals surface area (Å²) in [7, 11) is 0. The summed E-state index contributed by atoms with van der Waals surface area (Å²) in [5.41, 5.74) is 0.367. The Morgan fingerprint density at radius 2 is 1.83 bits per heavy atom. The summed E-state index contributed by atoms with van der Waals surface area (Å²) >= 11 is 0. The number of carbonyl (C=O) groups is 3. The van der Waals surface area contributed by atoms with Gasteiger partial charge in [0, 0.05) is 12.1 Å². The Hall–Kier alpha value is -3.03. The summed E-state index contributed by atoms with van der Waals surface area (Å²) in [5, 5.41) is 10.9. The number of benzene rings is 1. The number of esters is 1. The highest BCUT2D eigenvalue weighted by Crippen LogP contribution is 2.37. The summed E-state index contributed by atoms with van der Waals surface area (Å²) in [4.78, 5) is 50.0. The summed E-state index contributed by atoms with van der Waals surface area (Å²) in [6.07, 6.45) is 5.10. The van der Waals surface area contributed by atoms with E-state index in [4.69, 9.17) is 4.74 Å². The molecule has 1 heterocycles. The molecule has 154 valence electrons. The lowest BCUT2D eigenvalue weighted by atomic mass is 9.85. The smallest absolute Gasteiger partial charge is 0.329 e. The van der Waals surface area contributed by atoms with Crippen LogP contribution in [0.1, 0.15) is 38.7 Å². The first-order valence-electron chi connectivity index (χ1n) is 9.71. The largest absolute Gasteiger partial charge is 0.459 e. The molecule has 1 saturated heterocycles. The Labute approximate surface area is 168 Å². The SMILES string of the molecule is CC(C)C[C@H](C(=O)OCc1cccc([N+](=O)[O-])c1)N1C(=O)[C@H]2CC=CC[C@@H]2C1=O. The van der Waals surface area contributed by atoms with Crippen LogP contribution in [-0.4, -0.2) is 33.6 Å². The third-order valence-corrected chi connectivity index (χ3v) is 5.32. The van der Waals surface area contributed by atoms with Gasteiger partial charge in [-0.05, 0) is 30.7 Å². The molecule has 1 aliphatic heterocycles. The molecule has 0 aromatic heterocycles. The Kier molecular flexibility index (Phi) is 6.10. The molecule has 0 unspecified atom stereocenters. The normalized spacial score (nSPS) is 22.0. The Morgan fingerprint density at radius 3 is 2.38 bits per heavy atom. The zero-order valence-corrected chi connectivity index (χ0v) is 16.4. The van der Waals surface area contributed by atoms with E-state index in [1.165, 1.54) is 18.2 Å². The second kappa shape index (κ2) is 8.55. The zero-order chi connectivity index (χ0) is 21.1. The molecule has 0 bridgehead atoms. The highest BCUT2D eigenvalue weighted by molar-refractivity contribution is 6.08. The van der Waals surface area contributed by atoms with Crippen LogP contribution < -0.4 is 0 Å². The van der Waals surface area contributed by atoms with E-state index in [2.05, 4.69) is 0 Å². The van der Waals surface area contributed by atoms with E-state index in [0.29, 0.717) is 24.8 Å². The molecule has 0 N–H and O–H groups in total. The number of nitrogens with zero attached hydrogens (tertiary/aromatic N) is 2. The van der Waals surface area contributed by atoms with Crippen molar-refractivity contribution >= 4 is 23.5 Å². The topological polar surface area (TPSA) is 107 Å². The van der Waals surface area contributed by atoms with Gasteiger partial charge < -0.3 is 4.74 Å². The van der Waals surface area contributed by atoms with E-state index in [0.717, 1.165) is 4.90 Å². The highest BCUT2D eigenvalue weighted by atomic mass is 16.6. The van der Waals surface area contributed by atoms with Crippen LogP contribution in [0, 0.1) is 27.9 Å². The molecule has 2 aliphatic rings. The number of nitro groups is 1. The molecule has 1 aliphatic carbocycles. The van der Waals surface area contributed by atoms with Crippen molar-refractivity contribution in [3.8, 4) is 0 Å². The number of allylic oxidation sites excluding steroid dienone is 2. The van der Waals surface area contributed by atoms with Gasteiger partial charge in [-0.3, -0.25) is 24.6 Å². The molecule has 1 fully saturated rings. The summed E-state index contributed by atoms with van der Waals surface area (Å²) in [5.74, 6) is -2.06. The number of rotatable bonds is 7. The molecule has 0 spiro atoms. The highest BCUT2D eigenvalue weighted by Gasteiger charge is 2.51. The first-order valence-corrected chi connectivity index (χ1v) is 9.71. The molecule has 2 amide bonds. The van der Waals surface area contributed by atoms with E-state index in [1.54, 1.807) is 6.07 Å². The molecule has 8 nitrogen and oxygen atoms in total. The number of hydrogen-bond donors (Lipinski definition) is 0. The van der Waals surface area contributed by atoms with Gasteiger partial charge >= 0.3 is 5.97 Å². The minimum atomic E-state index is -0.987. The van der Waals surface area contributed by atoms with Crippen LogP contribution in [0.5, 0.6) is 0 Å². The van der Waals surface area contributed by atoms with Crippen molar-refractivity contribution in [2.75, 3.05) is 0 Å². The maximum atomic E-state index is 12.9. The van der Waals surface area contributed by atoms with Crippen molar-refractivity contribution in [2.45, 2.75) is 45.8 Å². The quantitative estimate of drug-likeness (QED) is 0.229. The van der Waals surface area contributed by atoms with Gasteiger partial charge in [-0.2, -0.15) is 0 Å². The van der Waals surface area contributed by atoms with Crippen LogP contribution in [-0.2, 0) is 25.7 Å². The average molecular weight is 400 g/mol. The fourth-order valence-electron chi connectivity index (χ4n) is 3.90. The fraction of sp³-hybridized carbons (Fsp3) is 0.476. The number of hydrogen-bond acceptors (Lipinski definition) is 6. The van der Waals surface area contributed by atoms with E-state index < -0.39 is 28.8 Å². The molecule has 0 radical (unpaired) electrons. The third-order valence-electron chi connectivity index (χ3n) is 5.32. The van der Waals surface area contributed by atoms with Crippen molar-refractivity contribution in [1.82, 2.24) is 4.90 Å². The van der Waals surface area contributed by atoms with E-state index in [-0.39, 0.29) is 30.0 Å². The molecule has 29 heavy (non-hydrogen) atoms. The second-order valence-corrected chi connectivity index (χ2v) is 7.88. The predicted octanol–water partition coefficient (Wildman–Crippen LogP) is 3.00. The van der Waals surface area contributed by atoms with Gasteiger partial charge in [0.25, 0.3) is 5.69 Å². The Balaban J connectivity index is 1.75. The lowest BCUT2D eigenvalue weighted by molar-refractivity contribution is -0.384. The fourth-order valence-corrected chi connectivity index (χ4v) is 3.90. The summed E-state index contributed by atoms with van der Waals surface area (Å²) in [6, 6.07) is 4.82. The van der Waals surface area contributed by atoms with Crippen molar-refractivity contribution < 1.29 is 24.0 Å². The van der Waals surface area contributed by atoms with Gasteiger partial charge in [0.05, 0.1) is 16.8 Å². The number of amides is 2. The maximum absolute atomic E-state index is 12.9. The Morgan fingerprint density at radius 1 is 1.21 bits per heavy atom. The first-order chi connectivity index (χ1) is 13.8. The van der Waals surface area contributed by atoms with Gasteiger partial charge in [-0.15, -0.1) is 0 Å². The number of carbonyl (C=O) groups excluding carboxylic acids is 3. The molecule has 3 atom stereocenters. The minimum absolute atomic E-state index is 0.0618. The number of ether oxygens (including phenoxy) is 1.